The summed E-state index contributed by atoms with van der Waals surface area (Å²) in [5.41, 5.74) is 7.57. The zero-order valence-corrected chi connectivity index (χ0v) is 13.6. The van der Waals surface area contributed by atoms with Crippen LogP contribution in [-0.2, 0) is 0 Å². The Labute approximate surface area is 128 Å². The first kappa shape index (κ1) is 16.1. The number of hydrogen-bond acceptors (Lipinski definition) is 4. The maximum atomic E-state index is 5.98. The molecule has 0 aromatic heterocycles. The second kappa shape index (κ2) is 6.67. The van der Waals surface area contributed by atoms with Crippen molar-refractivity contribution in [2.75, 3.05) is 20.8 Å². The summed E-state index contributed by atoms with van der Waals surface area (Å²) in [5, 5.41) is 3.70. The molecule has 1 aliphatic carbocycles. The van der Waals surface area contributed by atoms with Gasteiger partial charge < -0.3 is 20.5 Å². The van der Waals surface area contributed by atoms with E-state index < -0.39 is 0 Å². The molecule has 0 bridgehead atoms. The third-order valence-corrected chi connectivity index (χ3v) is 4.45. The Morgan fingerprint density at radius 2 is 2.00 bits per heavy atom. The maximum absolute atomic E-state index is 5.98. The van der Waals surface area contributed by atoms with Crippen LogP contribution in [0.5, 0.6) is 11.5 Å². The van der Waals surface area contributed by atoms with E-state index in [0.29, 0.717) is 18.0 Å². The van der Waals surface area contributed by atoms with E-state index in [1.54, 1.807) is 14.2 Å². The van der Waals surface area contributed by atoms with Gasteiger partial charge in [-0.05, 0) is 42.4 Å². The van der Waals surface area contributed by atoms with E-state index in [2.05, 4.69) is 25.2 Å². The lowest BCUT2D eigenvalue weighted by Gasteiger charge is -2.24. The molecule has 0 heterocycles. The van der Waals surface area contributed by atoms with Crippen molar-refractivity contribution in [3.05, 3.63) is 23.8 Å². The van der Waals surface area contributed by atoms with Gasteiger partial charge in [-0.15, -0.1) is 0 Å². The molecule has 2 atom stereocenters. The smallest absolute Gasteiger partial charge is 0.161 e. The fourth-order valence-corrected chi connectivity index (χ4v) is 3.23. The average Bonchev–Trinajstić information content (AvgIpc) is 2.83. The Morgan fingerprint density at radius 1 is 1.29 bits per heavy atom. The van der Waals surface area contributed by atoms with Crippen LogP contribution in [0.1, 0.15) is 44.7 Å². The minimum atomic E-state index is 0.156. The summed E-state index contributed by atoms with van der Waals surface area (Å²) in [6, 6.07) is 6.72. The fourth-order valence-electron chi connectivity index (χ4n) is 3.23. The summed E-state index contributed by atoms with van der Waals surface area (Å²) < 4.78 is 10.7. The SMILES string of the molecule is COc1ccc(C(CN)NC2CCC(C)(C)C2)cc1OC. The third kappa shape index (κ3) is 3.89. The molecule has 1 aromatic rings. The molecule has 4 heteroatoms. The van der Waals surface area contributed by atoms with Gasteiger partial charge in [0.2, 0.25) is 0 Å². The second-order valence-corrected chi connectivity index (χ2v) is 6.67. The molecule has 1 aromatic carbocycles. The molecule has 118 valence electrons. The molecule has 21 heavy (non-hydrogen) atoms. The number of nitrogens with one attached hydrogen (secondary N) is 1. The van der Waals surface area contributed by atoms with Gasteiger partial charge in [-0.2, -0.15) is 0 Å². The molecular formula is C17H28N2O2. The van der Waals surface area contributed by atoms with E-state index in [1.807, 2.05) is 12.1 Å². The molecular weight excluding hydrogens is 264 g/mol. The average molecular weight is 292 g/mol. The summed E-state index contributed by atoms with van der Waals surface area (Å²) in [5.74, 6) is 1.50. The molecule has 2 unspecified atom stereocenters. The van der Waals surface area contributed by atoms with Crippen LogP contribution < -0.4 is 20.5 Å². The van der Waals surface area contributed by atoms with Crippen molar-refractivity contribution < 1.29 is 9.47 Å². The van der Waals surface area contributed by atoms with Gasteiger partial charge in [0.05, 0.1) is 14.2 Å². The molecule has 0 radical (unpaired) electrons. The Hall–Kier alpha value is -1.26. The topological polar surface area (TPSA) is 56.5 Å². The summed E-state index contributed by atoms with van der Waals surface area (Å²) in [6.45, 7) is 5.25. The molecule has 1 saturated carbocycles. The molecule has 1 aliphatic rings. The van der Waals surface area contributed by atoms with Gasteiger partial charge in [-0.1, -0.05) is 19.9 Å². The standard InChI is InChI=1S/C17H28N2O2/c1-17(2)8-7-13(10-17)19-14(11-18)12-5-6-15(20-3)16(9-12)21-4/h5-6,9,13-14,19H,7-8,10-11,18H2,1-4H3. The quantitative estimate of drug-likeness (QED) is 0.846. The number of nitrogens with two attached hydrogens (primary N) is 1. The van der Waals surface area contributed by atoms with Gasteiger partial charge in [-0.3, -0.25) is 0 Å². The predicted octanol–water partition coefficient (Wildman–Crippen LogP) is 2.87. The molecule has 0 spiro atoms. The summed E-state index contributed by atoms with van der Waals surface area (Å²) >= 11 is 0. The van der Waals surface area contributed by atoms with Crippen LogP contribution in [0.15, 0.2) is 18.2 Å². The number of benzene rings is 1. The van der Waals surface area contributed by atoms with Crippen LogP contribution in [0.2, 0.25) is 0 Å². The van der Waals surface area contributed by atoms with Gasteiger partial charge >= 0.3 is 0 Å². The molecule has 0 saturated heterocycles. The van der Waals surface area contributed by atoms with Crippen LogP contribution in [0.4, 0.5) is 0 Å². The number of rotatable bonds is 6. The first-order chi connectivity index (χ1) is 9.99. The summed E-state index contributed by atoms with van der Waals surface area (Å²) in [7, 11) is 3.31. The van der Waals surface area contributed by atoms with Crippen LogP contribution in [0, 0.1) is 5.41 Å². The van der Waals surface area contributed by atoms with Crippen molar-refractivity contribution >= 4 is 0 Å². The van der Waals surface area contributed by atoms with E-state index in [0.717, 1.165) is 17.1 Å². The van der Waals surface area contributed by atoms with E-state index in [9.17, 15) is 0 Å². The lowest BCUT2D eigenvalue weighted by molar-refractivity contribution is 0.348. The normalized spacial score (nSPS) is 22.0. The van der Waals surface area contributed by atoms with E-state index >= 15 is 0 Å². The van der Waals surface area contributed by atoms with E-state index in [1.165, 1.54) is 19.3 Å². The van der Waals surface area contributed by atoms with Gasteiger partial charge in [0.1, 0.15) is 0 Å². The van der Waals surface area contributed by atoms with E-state index in [-0.39, 0.29) is 6.04 Å². The van der Waals surface area contributed by atoms with Crippen molar-refractivity contribution in [1.29, 1.82) is 0 Å². The van der Waals surface area contributed by atoms with Crippen LogP contribution in [0.3, 0.4) is 0 Å². The van der Waals surface area contributed by atoms with Crippen molar-refractivity contribution in [2.45, 2.75) is 45.2 Å². The van der Waals surface area contributed by atoms with Crippen LogP contribution in [0.25, 0.3) is 0 Å². The van der Waals surface area contributed by atoms with Crippen molar-refractivity contribution in [1.82, 2.24) is 5.32 Å². The summed E-state index contributed by atoms with van der Waals surface area (Å²) in [4.78, 5) is 0. The number of hydrogen-bond donors (Lipinski definition) is 2. The Kier molecular flexibility index (Phi) is 5.12. The zero-order chi connectivity index (χ0) is 15.5. The Morgan fingerprint density at radius 3 is 2.52 bits per heavy atom. The maximum Gasteiger partial charge on any atom is 0.161 e. The summed E-state index contributed by atoms with van der Waals surface area (Å²) in [6.07, 6.45) is 3.70. The van der Waals surface area contributed by atoms with Crippen molar-refractivity contribution in [3.8, 4) is 11.5 Å². The molecule has 2 rings (SSSR count). The predicted molar refractivity (Wildman–Crippen MR) is 85.9 cm³/mol. The monoisotopic (exact) mass is 292 g/mol. The minimum Gasteiger partial charge on any atom is -0.493 e. The highest BCUT2D eigenvalue weighted by atomic mass is 16.5. The largest absolute Gasteiger partial charge is 0.493 e. The molecule has 3 N–H and O–H groups in total. The Bertz CT molecular complexity index is 474. The van der Waals surface area contributed by atoms with Crippen LogP contribution in [-0.4, -0.2) is 26.8 Å². The molecule has 0 amide bonds. The molecule has 1 fully saturated rings. The second-order valence-electron chi connectivity index (χ2n) is 6.67. The van der Waals surface area contributed by atoms with Crippen molar-refractivity contribution in [2.24, 2.45) is 11.1 Å². The zero-order valence-electron chi connectivity index (χ0n) is 13.6. The lowest BCUT2D eigenvalue weighted by Crippen LogP contribution is -2.35. The van der Waals surface area contributed by atoms with E-state index in [4.69, 9.17) is 15.2 Å². The van der Waals surface area contributed by atoms with Gasteiger partial charge in [0.15, 0.2) is 11.5 Å². The Balaban J connectivity index is 2.10. The van der Waals surface area contributed by atoms with Crippen LogP contribution >= 0.6 is 0 Å². The van der Waals surface area contributed by atoms with Gasteiger partial charge in [-0.25, -0.2) is 0 Å². The highest BCUT2D eigenvalue weighted by Crippen LogP contribution is 2.38. The van der Waals surface area contributed by atoms with Gasteiger partial charge in [0.25, 0.3) is 0 Å². The van der Waals surface area contributed by atoms with Crippen molar-refractivity contribution in [3.63, 3.8) is 0 Å². The number of methoxy groups -OCH3 is 2. The number of ether oxygens (including phenoxy) is 2. The molecule has 4 nitrogen and oxygen atoms in total. The third-order valence-electron chi connectivity index (χ3n) is 4.45. The first-order valence-electron chi connectivity index (χ1n) is 7.67. The van der Waals surface area contributed by atoms with Gasteiger partial charge in [0, 0.05) is 18.6 Å². The highest BCUT2D eigenvalue weighted by Gasteiger charge is 2.32. The molecule has 0 aliphatic heterocycles. The minimum absolute atomic E-state index is 0.156. The first-order valence-corrected chi connectivity index (χ1v) is 7.67. The fraction of sp³-hybridized carbons (Fsp3) is 0.647. The lowest BCUT2D eigenvalue weighted by atomic mass is 9.91. The highest BCUT2D eigenvalue weighted by molar-refractivity contribution is 5.43.